The van der Waals surface area contributed by atoms with Crippen LogP contribution in [0.2, 0.25) is 0 Å². The molecule has 0 saturated carbocycles. The van der Waals surface area contributed by atoms with E-state index in [1.165, 1.54) is 44.1 Å². The van der Waals surface area contributed by atoms with Crippen LogP contribution in [0.5, 0.6) is 0 Å². The molecule has 0 aromatic heterocycles. The number of unbranched alkanes of at least 4 members (excludes halogenated alkanes) is 1. The van der Waals surface area contributed by atoms with Gasteiger partial charge in [0, 0.05) is 0 Å². The molecule has 0 heteroatoms. The molecule has 0 bridgehead atoms. The monoisotopic (exact) mass is 218 g/mol. The molecule has 16 heavy (non-hydrogen) atoms. The summed E-state index contributed by atoms with van der Waals surface area (Å²) in [6, 6.07) is 10.8. The standard InChI is InChI=1S/C16H26/c1-4-16(3,5-2)14-10-9-13-15-11-7-6-8-12-15/h6-8,11-12H,4-5,9-10,13-14H2,1-3H3. The van der Waals surface area contributed by atoms with Gasteiger partial charge in [0.15, 0.2) is 0 Å². The summed E-state index contributed by atoms with van der Waals surface area (Å²) in [6.07, 6.45) is 7.95. The van der Waals surface area contributed by atoms with Crippen LogP contribution in [0.3, 0.4) is 0 Å². The van der Waals surface area contributed by atoms with Gasteiger partial charge in [-0.1, -0.05) is 70.4 Å². The lowest BCUT2D eigenvalue weighted by molar-refractivity contribution is 0.263. The number of aryl methyl sites for hydroxylation is 1. The molecule has 0 spiro atoms. The molecule has 1 aromatic carbocycles. The average molecular weight is 218 g/mol. The fourth-order valence-corrected chi connectivity index (χ4v) is 2.13. The molecule has 0 fully saturated rings. The minimum atomic E-state index is 0.580. The molecule has 1 aromatic rings. The lowest BCUT2D eigenvalue weighted by Crippen LogP contribution is -2.13. The van der Waals surface area contributed by atoms with Gasteiger partial charge in [-0.15, -0.1) is 0 Å². The van der Waals surface area contributed by atoms with Crippen LogP contribution in [-0.2, 0) is 6.42 Å². The number of hydrogen-bond donors (Lipinski definition) is 0. The fraction of sp³-hybridized carbons (Fsp3) is 0.625. The first kappa shape index (κ1) is 13.3. The van der Waals surface area contributed by atoms with Crippen LogP contribution >= 0.6 is 0 Å². The summed E-state index contributed by atoms with van der Waals surface area (Å²) in [4.78, 5) is 0. The molecule has 0 heterocycles. The Kier molecular flexibility index (Phi) is 5.59. The second kappa shape index (κ2) is 6.73. The topological polar surface area (TPSA) is 0 Å². The molecule has 0 nitrogen and oxygen atoms in total. The van der Waals surface area contributed by atoms with Crippen molar-refractivity contribution in [3.8, 4) is 0 Å². The van der Waals surface area contributed by atoms with Crippen LogP contribution in [-0.4, -0.2) is 0 Å². The summed E-state index contributed by atoms with van der Waals surface area (Å²) in [5, 5.41) is 0. The Morgan fingerprint density at radius 2 is 1.56 bits per heavy atom. The van der Waals surface area contributed by atoms with Crippen LogP contribution < -0.4 is 0 Å². The molecule has 0 saturated heterocycles. The molecule has 0 aliphatic carbocycles. The first-order valence-corrected chi connectivity index (χ1v) is 6.74. The highest BCUT2D eigenvalue weighted by molar-refractivity contribution is 5.14. The molecule has 0 unspecified atom stereocenters. The third-order valence-electron chi connectivity index (χ3n) is 4.05. The predicted molar refractivity (Wildman–Crippen MR) is 72.7 cm³/mol. The van der Waals surface area contributed by atoms with Crippen LogP contribution in [0, 0.1) is 5.41 Å². The minimum absolute atomic E-state index is 0.580. The van der Waals surface area contributed by atoms with E-state index in [-0.39, 0.29) is 0 Å². The average Bonchev–Trinajstić information content (AvgIpc) is 2.36. The van der Waals surface area contributed by atoms with Gasteiger partial charge < -0.3 is 0 Å². The second-order valence-electron chi connectivity index (χ2n) is 5.21. The SMILES string of the molecule is CCC(C)(CC)CCCCc1ccccc1. The lowest BCUT2D eigenvalue weighted by Gasteiger charge is -2.26. The van der Waals surface area contributed by atoms with Crippen LogP contribution in [0.4, 0.5) is 0 Å². The van der Waals surface area contributed by atoms with Crippen LogP contribution in [0.1, 0.15) is 58.4 Å². The van der Waals surface area contributed by atoms with E-state index >= 15 is 0 Å². The maximum Gasteiger partial charge on any atom is -0.0279 e. The van der Waals surface area contributed by atoms with Crippen molar-refractivity contribution >= 4 is 0 Å². The Labute approximate surface area is 101 Å². The Balaban J connectivity index is 2.22. The maximum absolute atomic E-state index is 2.43. The van der Waals surface area contributed by atoms with Crippen molar-refractivity contribution in [3.05, 3.63) is 35.9 Å². The van der Waals surface area contributed by atoms with E-state index < -0.39 is 0 Å². The van der Waals surface area contributed by atoms with E-state index in [0.29, 0.717) is 5.41 Å². The summed E-state index contributed by atoms with van der Waals surface area (Å²) >= 11 is 0. The van der Waals surface area contributed by atoms with E-state index in [2.05, 4.69) is 51.1 Å². The minimum Gasteiger partial charge on any atom is -0.0649 e. The van der Waals surface area contributed by atoms with Crippen molar-refractivity contribution in [1.29, 1.82) is 0 Å². The van der Waals surface area contributed by atoms with Gasteiger partial charge in [0.1, 0.15) is 0 Å². The molecule has 0 aliphatic heterocycles. The highest BCUT2D eigenvalue weighted by atomic mass is 14.2. The summed E-state index contributed by atoms with van der Waals surface area (Å²) < 4.78 is 0. The molecule has 0 atom stereocenters. The molecule has 0 N–H and O–H groups in total. The highest BCUT2D eigenvalue weighted by Gasteiger charge is 2.18. The number of benzene rings is 1. The van der Waals surface area contributed by atoms with Crippen molar-refractivity contribution in [2.45, 2.75) is 59.3 Å². The molecule has 0 aliphatic rings. The van der Waals surface area contributed by atoms with Crippen LogP contribution in [0.15, 0.2) is 30.3 Å². The zero-order valence-corrected chi connectivity index (χ0v) is 11.1. The van der Waals surface area contributed by atoms with E-state index in [9.17, 15) is 0 Å². The molecule has 0 radical (unpaired) electrons. The van der Waals surface area contributed by atoms with Gasteiger partial charge in [0.05, 0.1) is 0 Å². The van der Waals surface area contributed by atoms with Crippen molar-refractivity contribution in [2.75, 3.05) is 0 Å². The third-order valence-corrected chi connectivity index (χ3v) is 4.05. The Bertz CT molecular complexity index is 269. The number of rotatable bonds is 7. The number of hydrogen-bond acceptors (Lipinski definition) is 0. The summed E-state index contributed by atoms with van der Waals surface area (Å²) in [5.74, 6) is 0. The summed E-state index contributed by atoms with van der Waals surface area (Å²) in [5.41, 5.74) is 2.06. The van der Waals surface area contributed by atoms with Gasteiger partial charge in [0.2, 0.25) is 0 Å². The predicted octanol–water partition coefficient (Wildman–Crippen LogP) is 5.23. The van der Waals surface area contributed by atoms with Gasteiger partial charge in [0.25, 0.3) is 0 Å². The van der Waals surface area contributed by atoms with E-state index in [1.54, 1.807) is 0 Å². The van der Waals surface area contributed by atoms with Gasteiger partial charge in [-0.3, -0.25) is 0 Å². The molecular formula is C16H26. The zero-order valence-electron chi connectivity index (χ0n) is 11.1. The lowest BCUT2D eigenvalue weighted by atomic mass is 9.80. The molecule has 1 rings (SSSR count). The van der Waals surface area contributed by atoms with Crippen molar-refractivity contribution < 1.29 is 0 Å². The van der Waals surface area contributed by atoms with Crippen molar-refractivity contribution in [2.24, 2.45) is 5.41 Å². The molecular weight excluding hydrogens is 192 g/mol. The van der Waals surface area contributed by atoms with Gasteiger partial charge >= 0.3 is 0 Å². The normalized spacial score (nSPS) is 11.7. The molecule has 90 valence electrons. The third kappa shape index (κ3) is 4.38. The van der Waals surface area contributed by atoms with Crippen LogP contribution in [0.25, 0.3) is 0 Å². The van der Waals surface area contributed by atoms with Crippen molar-refractivity contribution in [3.63, 3.8) is 0 Å². The van der Waals surface area contributed by atoms with Gasteiger partial charge in [-0.05, 0) is 30.2 Å². The van der Waals surface area contributed by atoms with E-state index in [0.717, 1.165) is 0 Å². The smallest absolute Gasteiger partial charge is 0.0279 e. The Hall–Kier alpha value is -0.780. The first-order valence-electron chi connectivity index (χ1n) is 6.74. The largest absolute Gasteiger partial charge is 0.0649 e. The summed E-state index contributed by atoms with van der Waals surface area (Å²) in [7, 11) is 0. The fourth-order valence-electron chi connectivity index (χ4n) is 2.13. The van der Waals surface area contributed by atoms with E-state index in [1.807, 2.05) is 0 Å². The second-order valence-corrected chi connectivity index (χ2v) is 5.21. The quantitative estimate of drug-likeness (QED) is 0.550. The zero-order chi connectivity index (χ0) is 11.9. The summed E-state index contributed by atoms with van der Waals surface area (Å²) in [6.45, 7) is 7.07. The Morgan fingerprint density at radius 1 is 0.938 bits per heavy atom. The van der Waals surface area contributed by atoms with Crippen molar-refractivity contribution in [1.82, 2.24) is 0 Å². The van der Waals surface area contributed by atoms with Gasteiger partial charge in [-0.2, -0.15) is 0 Å². The maximum atomic E-state index is 2.43. The first-order chi connectivity index (χ1) is 7.70. The van der Waals surface area contributed by atoms with E-state index in [4.69, 9.17) is 0 Å². The van der Waals surface area contributed by atoms with Gasteiger partial charge in [-0.25, -0.2) is 0 Å². The molecule has 0 amide bonds. The Morgan fingerprint density at radius 3 is 2.12 bits per heavy atom. The highest BCUT2D eigenvalue weighted by Crippen LogP contribution is 2.31.